The molecule has 1 saturated heterocycles. The second-order valence-electron chi connectivity index (χ2n) is 7.31. The van der Waals surface area contributed by atoms with Crippen LogP contribution >= 0.6 is 11.3 Å². The predicted octanol–water partition coefficient (Wildman–Crippen LogP) is 3.31. The first kappa shape index (κ1) is 21.5. The van der Waals surface area contributed by atoms with Gasteiger partial charge in [0.1, 0.15) is 10.8 Å². The summed E-state index contributed by atoms with van der Waals surface area (Å²) in [5, 5.41) is 11.8. The maximum atomic E-state index is 13.3. The number of hydrogen-bond donors (Lipinski definition) is 1. The summed E-state index contributed by atoms with van der Waals surface area (Å²) < 4.78 is 40.4. The maximum absolute atomic E-state index is 13.3. The quantitative estimate of drug-likeness (QED) is 0.609. The van der Waals surface area contributed by atoms with Gasteiger partial charge in [0.25, 0.3) is 0 Å². The summed E-state index contributed by atoms with van der Waals surface area (Å²) in [5.41, 5.74) is 0.767. The smallest absolute Gasteiger partial charge is 0.243 e. The predicted molar refractivity (Wildman–Crippen MR) is 116 cm³/mol. The van der Waals surface area contributed by atoms with Gasteiger partial charge in [-0.3, -0.25) is 4.79 Å². The summed E-state index contributed by atoms with van der Waals surface area (Å²) in [6, 6.07) is 14.5. The minimum Gasteiger partial charge on any atom is -0.300 e. The van der Waals surface area contributed by atoms with Crippen LogP contribution in [-0.2, 0) is 21.2 Å². The van der Waals surface area contributed by atoms with Gasteiger partial charge in [0, 0.05) is 19.5 Å². The number of aromatic nitrogens is 2. The third-order valence-corrected chi connectivity index (χ3v) is 7.80. The van der Waals surface area contributed by atoms with E-state index in [-0.39, 0.29) is 23.2 Å². The van der Waals surface area contributed by atoms with Crippen molar-refractivity contribution in [1.82, 2.24) is 14.5 Å². The van der Waals surface area contributed by atoms with Crippen LogP contribution in [0.1, 0.15) is 23.4 Å². The van der Waals surface area contributed by atoms with Crippen molar-refractivity contribution >= 4 is 32.4 Å². The van der Waals surface area contributed by atoms with Crippen LogP contribution in [0.15, 0.2) is 59.5 Å². The van der Waals surface area contributed by atoms with E-state index in [1.807, 2.05) is 0 Å². The fourth-order valence-corrected chi connectivity index (χ4v) is 5.84. The average molecular weight is 461 g/mol. The summed E-state index contributed by atoms with van der Waals surface area (Å²) in [6.07, 6.45) is 1.62. The van der Waals surface area contributed by atoms with Gasteiger partial charge in [0.15, 0.2) is 0 Å². The normalized spacial score (nSPS) is 17.4. The number of anilines is 1. The van der Waals surface area contributed by atoms with Gasteiger partial charge in [-0.15, -0.1) is 10.2 Å². The molecule has 1 atom stereocenters. The van der Waals surface area contributed by atoms with E-state index in [1.54, 1.807) is 42.5 Å². The van der Waals surface area contributed by atoms with E-state index in [2.05, 4.69) is 15.5 Å². The summed E-state index contributed by atoms with van der Waals surface area (Å²) in [7, 11) is -3.64. The van der Waals surface area contributed by atoms with Crippen LogP contribution in [0.25, 0.3) is 0 Å². The zero-order chi connectivity index (χ0) is 21.8. The number of nitrogens with zero attached hydrogens (tertiary/aromatic N) is 3. The Bertz CT molecular complexity index is 1170. The number of piperidine rings is 1. The number of carbonyl (C=O) groups excluding carboxylic acids is 1. The number of nitrogens with one attached hydrogen (secondary N) is 1. The number of carbonyl (C=O) groups is 1. The molecule has 7 nitrogen and oxygen atoms in total. The first-order valence-electron chi connectivity index (χ1n) is 9.85. The molecular formula is C21H21FN4O3S2. The van der Waals surface area contributed by atoms with Crippen LogP contribution < -0.4 is 5.32 Å². The second kappa shape index (κ2) is 9.21. The van der Waals surface area contributed by atoms with Gasteiger partial charge in [-0.2, -0.15) is 4.31 Å². The van der Waals surface area contributed by atoms with E-state index in [4.69, 9.17) is 0 Å². The van der Waals surface area contributed by atoms with Crippen molar-refractivity contribution in [3.8, 4) is 0 Å². The monoisotopic (exact) mass is 460 g/mol. The van der Waals surface area contributed by atoms with E-state index in [9.17, 15) is 17.6 Å². The Labute approximate surface area is 184 Å². The lowest BCUT2D eigenvalue weighted by atomic mass is 9.99. The third-order valence-electron chi connectivity index (χ3n) is 5.08. The van der Waals surface area contributed by atoms with Gasteiger partial charge in [-0.05, 0) is 42.7 Å². The molecule has 2 aromatic carbocycles. The molecule has 1 unspecified atom stereocenters. The molecule has 1 aromatic heterocycles. The van der Waals surface area contributed by atoms with E-state index < -0.39 is 15.9 Å². The van der Waals surface area contributed by atoms with Gasteiger partial charge >= 0.3 is 0 Å². The molecule has 162 valence electrons. The van der Waals surface area contributed by atoms with E-state index in [1.165, 1.54) is 27.8 Å². The molecule has 1 aliphatic heterocycles. The average Bonchev–Trinajstić information content (AvgIpc) is 3.21. The second-order valence-corrected chi connectivity index (χ2v) is 10.3. The van der Waals surface area contributed by atoms with Crippen molar-refractivity contribution in [3.05, 3.63) is 71.0 Å². The highest BCUT2D eigenvalue weighted by Crippen LogP contribution is 2.26. The number of rotatable bonds is 6. The number of amides is 1. The lowest BCUT2D eigenvalue weighted by Gasteiger charge is -2.31. The van der Waals surface area contributed by atoms with Gasteiger partial charge in [0.05, 0.1) is 10.8 Å². The minimum absolute atomic E-state index is 0.123. The Kier molecular flexibility index (Phi) is 6.40. The summed E-state index contributed by atoms with van der Waals surface area (Å²) >= 11 is 1.22. The van der Waals surface area contributed by atoms with Crippen LogP contribution in [0.2, 0.25) is 0 Å². The van der Waals surface area contributed by atoms with Crippen molar-refractivity contribution in [2.45, 2.75) is 24.2 Å². The van der Waals surface area contributed by atoms with Crippen molar-refractivity contribution < 1.29 is 17.6 Å². The Morgan fingerprint density at radius 3 is 2.74 bits per heavy atom. The summed E-state index contributed by atoms with van der Waals surface area (Å²) in [4.78, 5) is 13.0. The standard InChI is InChI=1S/C21H21FN4O3S2/c22-17-8-4-6-15(12-17)13-19-24-25-21(30-19)23-20(27)16-7-5-11-26(14-16)31(28,29)18-9-2-1-3-10-18/h1-4,6,8-10,12,16H,5,7,11,13-14H2,(H,23,25,27). The van der Waals surface area contributed by atoms with E-state index >= 15 is 0 Å². The van der Waals surface area contributed by atoms with E-state index in [0.29, 0.717) is 35.9 Å². The van der Waals surface area contributed by atoms with Crippen molar-refractivity contribution in [3.63, 3.8) is 0 Å². The molecule has 0 saturated carbocycles. The van der Waals surface area contributed by atoms with Crippen LogP contribution in [0, 0.1) is 11.7 Å². The molecule has 0 radical (unpaired) electrons. The Hall–Kier alpha value is -2.69. The van der Waals surface area contributed by atoms with Crippen LogP contribution in [0.5, 0.6) is 0 Å². The zero-order valence-electron chi connectivity index (χ0n) is 16.6. The van der Waals surface area contributed by atoms with Crippen LogP contribution in [0.3, 0.4) is 0 Å². The number of hydrogen-bond acceptors (Lipinski definition) is 6. The van der Waals surface area contributed by atoms with Crippen LogP contribution in [-0.4, -0.2) is 41.9 Å². The molecule has 1 aliphatic rings. The summed E-state index contributed by atoms with van der Waals surface area (Å²) in [5.74, 6) is -1.06. The van der Waals surface area contributed by atoms with Gasteiger partial charge < -0.3 is 5.32 Å². The molecular weight excluding hydrogens is 439 g/mol. The largest absolute Gasteiger partial charge is 0.300 e. The first-order valence-corrected chi connectivity index (χ1v) is 12.1. The van der Waals surface area contributed by atoms with Crippen molar-refractivity contribution in [2.24, 2.45) is 5.92 Å². The molecule has 10 heteroatoms. The molecule has 1 amide bonds. The fraction of sp³-hybridized carbons (Fsp3) is 0.286. The number of sulfonamides is 1. The topological polar surface area (TPSA) is 92.3 Å². The van der Waals surface area contributed by atoms with Gasteiger partial charge in [0.2, 0.25) is 21.1 Å². The lowest BCUT2D eigenvalue weighted by Crippen LogP contribution is -2.43. The Balaban J connectivity index is 1.39. The lowest BCUT2D eigenvalue weighted by molar-refractivity contribution is -0.120. The van der Waals surface area contributed by atoms with Crippen LogP contribution in [0.4, 0.5) is 9.52 Å². The molecule has 4 rings (SSSR count). The van der Waals surface area contributed by atoms with Crippen molar-refractivity contribution in [1.29, 1.82) is 0 Å². The van der Waals surface area contributed by atoms with Gasteiger partial charge in [-0.1, -0.05) is 41.7 Å². The molecule has 0 spiro atoms. The fourth-order valence-electron chi connectivity index (χ4n) is 3.52. The molecule has 0 bridgehead atoms. The molecule has 3 aromatic rings. The van der Waals surface area contributed by atoms with Gasteiger partial charge in [-0.25, -0.2) is 12.8 Å². The summed E-state index contributed by atoms with van der Waals surface area (Å²) in [6.45, 7) is 0.510. The van der Waals surface area contributed by atoms with Crippen molar-refractivity contribution in [2.75, 3.05) is 18.4 Å². The zero-order valence-corrected chi connectivity index (χ0v) is 18.2. The molecule has 0 aliphatic carbocycles. The Morgan fingerprint density at radius 1 is 1.16 bits per heavy atom. The highest BCUT2D eigenvalue weighted by molar-refractivity contribution is 7.89. The number of halogens is 1. The Morgan fingerprint density at radius 2 is 1.97 bits per heavy atom. The molecule has 2 heterocycles. The molecule has 1 fully saturated rings. The molecule has 1 N–H and O–H groups in total. The minimum atomic E-state index is -3.64. The SMILES string of the molecule is O=C(Nc1nnc(Cc2cccc(F)c2)s1)C1CCCN(S(=O)(=O)c2ccccc2)C1. The first-order chi connectivity index (χ1) is 14.9. The highest BCUT2D eigenvalue weighted by Gasteiger charge is 2.33. The highest BCUT2D eigenvalue weighted by atomic mass is 32.2. The maximum Gasteiger partial charge on any atom is 0.243 e. The molecule has 31 heavy (non-hydrogen) atoms. The van der Waals surface area contributed by atoms with E-state index in [0.717, 1.165) is 5.56 Å². The number of benzene rings is 2. The third kappa shape index (κ3) is 5.15.